The summed E-state index contributed by atoms with van der Waals surface area (Å²) in [6, 6.07) is 1.30. The second-order valence-corrected chi connectivity index (χ2v) is 6.62. The molecule has 17 heavy (non-hydrogen) atoms. The number of thiophene rings is 1. The van der Waals surface area contributed by atoms with Crippen molar-refractivity contribution in [2.75, 3.05) is 6.54 Å². The summed E-state index contributed by atoms with van der Waals surface area (Å²) in [5.41, 5.74) is 0.335. The van der Waals surface area contributed by atoms with Gasteiger partial charge in [-0.25, -0.2) is 13.6 Å². The predicted octanol–water partition coefficient (Wildman–Crippen LogP) is 1.17. The molecule has 1 atom stereocenters. The molecule has 1 aromatic heterocycles. The Balaban J connectivity index is 2.68. The Morgan fingerprint density at radius 1 is 1.59 bits per heavy atom. The number of hydrogen-bond acceptors (Lipinski definition) is 4. The number of nitrogens with two attached hydrogens (primary N) is 1. The van der Waals surface area contributed by atoms with E-state index in [-0.39, 0.29) is 10.1 Å². The molecule has 0 saturated carbocycles. The van der Waals surface area contributed by atoms with Crippen molar-refractivity contribution in [1.29, 1.82) is 0 Å². The van der Waals surface area contributed by atoms with Crippen LogP contribution in [0.1, 0.15) is 30.6 Å². The molecular formula is C10H16N2O3S2. The average Bonchev–Trinajstić information content (AvgIpc) is 2.74. The maximum absolute atomic E-state index is 11.7. The molecule has 0 spiro atoms. The van der Waals surface area contributed by atoms with Crippen molar-refractivity contribution in [3.63, 3.8) is 0 Å². The molecule has 0 fully saturated rings. The number of nitrogens with one attached hydrogen (secondary N) is 1. The molecule has 0 saturated heterocycles. The molecule has 0 bridgehead atoms. The van der Waals surface area contributed by atoms with E-state index in [1.165, 1.54) is 11.4 Å². The number of hydrogen-bond donors (Lipinski definition) is 2. The van der Waals surface area contributed by atoms with E-state index >= 15 is 0 Å². The Morgan fingerprint density at radius 3 is 2.71 bits per heavy atom. The Labute approximate surface area is 105 Å². The molecule has 1 rings (SSSR count). The minimum atomic E-state index is -3.71. The highest BCUT2D eigenvalue weighted by Crippen LogP contribution is 2.18. The van der Waals surface area contributed by atoms with Gasteiger partial charge in [0.1, 0.15) is 4.21 Å². The molecule has 1 aromatic rings. The van der Waals surface area contributed by atoms with Crippen LogP contribution in [0.4, 0.5) is 0 Å². The fraction of sp³-hybridized carbons (Fsp3) is 0.500. The summed E-state index contributed by atoms with van der Waals surface area (Å²) in [6.07, 6.45) is 0.979. The fourth-order valence-corrected chi connectivity index (χ4v) is 2.68. The molecule has 0 radical (unpaired) electrons. The molecule has 96 valence electrons. The highest BCUT2D eigenvalue weighted by atomic mass is 32.2. The van der Waals surface area contributed by atoms with Gasteiger partial charge >= 0.3 is 0 Å². The van der Waals surface area contributed by atoms with E-state index in [2.05, 4.69) is 5.32 Å². The van der Waals surface area contributed by atoms with Gasteiger partial charge in [-0.3, -0.25) is 4.79 Å². The van der Waals surface area contributed by atoms with Gasteiger partial charge in [0.15, 0.2) is 0 Å². The molecule has 3 N–H and O–H groups in total. The lowest BCUT2D eigenvalue weighted by molar-refractivity contribution is 0.0948. The van der Waals surface area contributed by atoms with Crippen LogP contribution in [0, 0.1) is 5.92 Å². The van der Waals surface area contributed by atoms with Crippen molar-refractivity contribution in [2.45, 2.75) is 24.5 Å². The highest BCUT2D eigenvalue weighted by Gasteiger charge is 2.15. The van der Waals surface area contributed by atoms with E-state index in [0.717, 1.165) is 17.8 Å². The fourth-order valence-electron chi connectivity index (χ4n) is 1.10. The van der Waals surface area contributed by atoms with Crippen molar-refractivity contribution in [3.05, 3.63) is 17.0 Å². The lowest BCUT2D eigenvalue weighted by Gasteiger charge is -2.08. The first kappa shape index (κ1) is 14.1. The highest BCUT2D eigenvalue weighted by molar-refractivity contribution is 7.91. The summed E-state index contributed by atoms with van der Waals surface area (Å²) in [6.45, 7) is 4.65. The molecule has 0 aliphatic carbocycles. The quantitative estimate of drug-likeness (QED) is 0.846. The predicted molar refractivity (Wildman–Crippen MR) is 67.5 cm³/mol. The van der Waals surface area contributed by atoms with Crippen LogP contribution in [0.5, 0.6) is 0 Å². The van der Waals surface area contributed by atoms with Crippen molar-refractivity contribution in [3.8, 4) is 0 Å². The van der Waals surface area contributed by atoms with Gasteiger partial charge in [0, 0.05) is 11.9 Å². The first-order valence-electron chi connectivity index (χ1n) is 5.24. The van der Waals surface area contributed by atoms with Gasteiger partial charge in [0.25, 0.3) is 5.91 Å². The van der Waals surface area contributed by atoms with Crippen LogP contribution in [0.3, 0.4) is 0 Å². The third-order valence-electron chi connectivity index (χ3n) is 2.43. The second kappa shape index (κ2) is 5.61. The van der Waals surface area contributed by atoms with E-state index in [1.807, 2.05) is 13.8 Å². The summed E-state index contributed by atoms with van der Waals surface area (Å²) >= 11 is 0.951. The number of carbonyl (C=O) groups excluding carboxylic acids is 1. The zero-order valence-electron chi connectivity index (χ0n) is 9.76. The minimum Gasteiger partial charge on any atom is -0.352 e. The van der Waals surface area contributed by atoms with Crippen LogP contribution in [0.15, 0.2) is 15.7 Å². The summed E-state index contributed by atoms with van der Waals surface area (Å²) in [5.74, 6) is 0.131. The van der Waals surface area contributed by atoms with Crippen LogP contribution >= 0.6 is 11.3 Å². The van der Waals surface area contributed by atoms with Gasteiger partial charge in [0.2, 0.25) is 10.0 Å². The van der Waals surface area contributed by atoms with Crippen LogP contribution in [-0.2, 0) is 10.0 Å². The standard InChI is InChI=1S/C10H16N2O3S2/c1-3-7(2)5-12-10(13)8-4-9(16-6-8)17(11,14)15/h4,6-7H,3,5H2,1-2H3,(H,12,13)(H2,11,14,15). The Hall–Kier alpha value is -0.920. The molecule has 0 aliphatic heterocycles. The maximum Gasteiger partial charge on any atom is 0.252 e. The lowest BCUT2D eigenvalue weighted by Crippen LogP contribution is -2.27. The smallest absolute Gasteiger partial charge is 0.252 e. The van der Waals surface area contributed by atoms with E-state index in [9.17, 15) is 13.2 Å². The maximum atomic E-state index is 11.7. The SMILES string of the molecule is CCC(C)CNC(=O)c1csc(S(N)(=O)=O)c1. The molecule has 1 unspecified atom stereocenters. The first-order valence-corrected chi connectivity index (χ1v) is 7.66. The summed E-state index contributed by atoms with van der Waals surface area (Å²) in [7, 11) is -3.71. The summed E-state index contributed by atoms with van der Waals surface area (Å²) in [4.78, 5) is 11.7. The van der Waals surface area contributed by atoms with Crippen molar-refractivity contribution < 1.29 is 13.2 Å². The van der Waals surface area contributed by atoms with Crippen LogP contribution in [0.2, 0.25) is 0 Å². The van der Waals surface area contributed by atoms with Crippen molar-refractivity contribution >= 4 is 27.3 Å². The molecule has 1 heterocycles. The summed E-state index contributed by atoms with van der Waals surface area (Å²) < 4.78 is 22.1. The van der Waals surface area contributed by atoms with Gasteiger partial charge in [-0.15, -0.1) is 11.3 Å². The van der Waals surface area contributed by atoms with Crippen LogP contribution < -0.4 is 10.5 Å². The van der Waals surface area contributed by atoms with Gasteiger partial charge < -0.3 is 5.32 Å². The molecule has 5 nitrogen and oxygen atoms in total. The van der Waals surface area contributed by atoms with Crippen LogP contribution in [0.25, 0.3) is 0 Å². The normalized spacial score (nSPS) is 13.4. The Morgan fingerprint density at radius 2 is 2.24 bits per heavy atom. The zero-order valence-corrected chi connectivity index (χ0v) is 11.4. The molecule has 1 amide bonds. The van der Waals surface area contributed by atoms with E-state index in [4.69, 9.17) is 5.14 Å². The van der Waals surface area contributed by atoms with E-state index < -0.39 is 10.0 Å². The second-order valence-electron chi connectivity index (χ2n) is 3.92. The number of carbonyl (C=O) groups is 1. The third-order valence-corrected chi connectivity index (χ3v) is 4.81. The number of amides is 1. The van der Waals surface area contributed by atoms with Gasteiger partial charge in [0.05, 0.1) is 5.56 Å². The Bertz CT molecular complexity index is 493. The topological polar surface area (TPSA) is 89.3 Å². The largest absolute Gasteiger partial charge is 0.352 e. The van der Waals surface area contributed by atoms with Crippen molar-refractivity contribution in [2.24, 2.45) is 11.1 Å². The van der Waals surface area contributed by atoms with Gasteiger partial charge in [-0.05, 0) is 12.0 Å². The monoisotopic (exact) mass is 276 g/mol. The van der Waals surface area contributed by atoms with E-state index in [0.29, 0.717) is 18.0 Å². The Kier molecular flexibility index (Phi) is 4.67. The lowest BCUT2D eigenvalue weighted by atomic mass is 10.1. The zero-order chi connectivity index (χ0) is 13.1. The van der Waals surface area contributed by atoms with Gasteiger partial charge in [-0.2, -0.15) is 0 Å². The number of rotatable bonds is 5. The summed E-state index contributed by atoms with van der Waals surface area (Å²) in [5, 5.41) is 9.20. The van der Waals surface area contributed by atoms with Gasteiger partial charge in [-0.1, -0.05) is 20.3 Å². The molecule has 0 aliphatic rings. The number of primary sulfonamides is 1. The number of sulfonamides is 1. The van der Waals surface area contributed by atoms with Crippen LogP contribution in [-0.4, -0.2) is 20.9 Å². The average molecular weight is 276 g/mol. The van der Waals surface area contributed by atoms with E-state index in [1.54, 1.807) is 0 Å². The molecular weight excluding hydrogens is 260 g/mol. The molecule has 0 aromatic carbocycles. The molecule has 7 heteroatoms. The third kappa shape index (κ3) is 4.10. The van der Waals surface area contributed by atoms with Crippen molar-refractivity contribution in [1.82, 2.24) is 5.32 Å². The minimum absolute atomic E-state index is 0.00573. The first-order chi connectivity index (χ1) is 7.84.